The Morgan fingerprint density at radius 1 is 0.383 bits per heavy atom. The van der Waals surface area contributed by atoms with Gasteiger partial charge in [-0.3, -0.25) is 0 Å². The molecular weight excluding hydrogens is 720 g/mol. The summed E-state index contributed by atoms with van der Waals surface area (Å²) in [6.07, 6.45) is 0. The minimum absolute atomic E-state index is 0.00302. The lowest BCUT2D eigenvalue weighted by Crippen LogP contribution is -2.64. The van der Waals surface area contributed by atoms with Crippen LogP contribution in [0.5, 0.6) is 0 Å². The molecule has 276 valence electrons. The van der Waals surface area contributed by atoms with E-state index in [4.69, 9.17) is 0 Å². The van der Waals surface area contributed by atoms with E-state index < -0.39 is 0 Å². The molecule has 0 saturated heterocycles. The summed E-state index contributed by atoms with van der Waals surface area (Å²) in [5.74, 6) is 0. The van der Waals surface area contributed by atoms with Gasteiger partial charge in [-0.15, -0.1) is 0 Å². The van der Waals surface area contributed by atoms with Crippen molar-refractivity contribution in [1.29, 1.82) is 0 Å². The number of rotatable bonds is 4. The summed E-state index contributed by atoms with van der Waals surface area (Å²) in [5, 5.41) is 8.25. The third kappa shape index (κ3) is 3.92. The molecule has 1 nitrogen and oxygen atoms in total. The molecule has 3 heteroatoms. The first kappa shape index (κ1) is 32.8. The van der Waals surface area contributed by atoms with Crippen molar-refractivity contribution in [1.82, 2.24) is 4.57 Å². The van der Waals surface area contributed by atoms with Crippen molar-refractivity contribution >= 4 is 89.6 Å². The van der Waals surface area contributed by atoms with Gasteiger partial charge in [-0.1, -0.05) is 213 Å². The summed E-state index contributed by atoms with van der Waals surface area (Å²) < 4.78 is 2.77. The van der Waals surface area contributed by atoms with Crippen LogP contribution in [0.4, 0.5) is 0 Å². The van der Waals surface area contributed by atoms with Crippen LogP contribution in [0.2, 0.25) is 0 Å². The van der Waals surface area contributed by atoms with Crippen molar-refractivity contribution in [3.8, 4) is 39.1 Å². The number of nitrogens with zero attached hydrogens (tertiary/aromatic N) is 1. The second kappa shape index (κ2) is 11.6. The molecule has 0 radical (unpaired) electrons. The van der Waals surface area contributed by atoms with E-state index in [9.17, 15) is 0 Å². The maximum absolute atomic E-state index is 2.77. The highest BCUT2D eigenvalue weighted by Crippen LogP contribution is 2.56. The van der Waals surface area contributed by atoms with Crippen LogP contribution in [-0.2, 0) is 5.41 Å². The van der Waals surface area contributed by atoms with Gasteiger partial charge in [0, 0.05) is 32.8 Å². The molecule has 3 heterocycles. The third-order valence-corrected chi connectivity index (χ3v) is 14.7. The average molecular weight is 758 g/mol. The van der Waals surface area contributed by atoms with Crippen LogP contribution in [0.25, 0.3) is 82.4 Å². The molecule has 0 N–H and O–H groups in total. The average Bonchev–Trinajstić information content (AvgIpc) is 3.79. The zero-order valence-electron chi connectivity index (χ0n) is 33.5. The maximum atomic E-state index is 2.77. The molecule has 1 aliphatic carbocycles. The van der Waals surface area contributed by atoms with Crippen LogP contribution in [-0.4, -0.2) is 18.0 Å². The Morgan fingerprint density at radius 2 is 0.917 bits per heavy atom. The van der Waals surface area contributed by atoms with Gasteiger partial charge < -0.3 is 4.57 Å². The molecule has 11 aromatic rings. The van der Waals surface area contributed by atoms with Crippen molar-refractivity contribution in [2.75, 3.05) is 0 Å². The first-order valence-corrected chi connectivity index (χ1v) is 21.4. The molecule has 0 amide bonds. The van der Waals surface area contributed by atoms with Gasteiger partial charge >= 0.3 is 0 Å². The van der Waals surface area contributed by atoms with Crippen LogP contribution >= 0.6 is 0 Å². The van der Waals surface area contributed by atoms with Crippen LogP contribution in [0.3, 0.4) is 0 Å². The van der Waals surface area contributed by atoms with E-state index in [-0.39, 0.29) is 18.8 Å². The van der Waals surface area contributed by atoms with E-state index in [0.717, 1.165) is 0 Å². The fourth-order valence-electron chi connectivity index (χ4n) is 12.5. The van der Waals surface area contributed by atoms with Crippen LogP contribution in [0.15, 0.2) is 188 Å². The Balaban J connectivity index is 1.25. The highest BCUT2D eigenvalue weighted by Gasteiger charge is 2.49. The van der Waals surface area contributed by atoms with Gasteiger partial charge in [0.25, 0.3) is 0 Å². The largest absolute Gasteiger partial charge is 0.311 e. The topological polar surface area (TPSA) is 4.93 Å². The lowest BCUT2D eigenvalue weighted by atomic mass is 9.30. The third-order valence-electron chi connectivity index (χ3n) is 14.7. The van der Waals surface area contributed by atoms with Gasteiger partial charge in [0.15, 0.2) is 0 Å². The van der Waals surface area contributed by atoms with E-state index in [1.165, 1.54) is 126 Å². The molecule has 2 aliphatic heterocycles. The van der Waals surface area contributed by atoms with Gasteiger partial charge in [0.05, 0.1) is 5.52 Å². The summed E-state index contributed by atoms with van der Waals surface area (Å²) >= 11 is 0. The van der Waals surface area contributed by atoms with Crippen molar-refractivity contribution in [3.63, 3.8) is 0 Å². The molecule has 1 aromatic heterocycles. The lowest BCUT2D eigenvalue weighted by molar-refractivity contribution is 0.665. The molecular formula is C57H37B2N. The predicted molar refractivity (Wildman–Crippen MR) is 258 cm³/mol. The summed E-state index contributed by atoms with van der Waals surface area (Å²) in [6, 6.07) is 71.2. The zero-order valence-corrected chi connectivity index (χ0v) is 33.5. The maximum Gasteiger partial charge on any atom is 0.247 e. The number of aromatic nitrogens is 1. The van der Waals surface area contributed by atoms with Crippen LogP contribution in [0, 0.1) is 0 Å². The van der Waals surface area contributed by atoms with E-state index in [2.05, 4.69) is 206 Å². The Morgan fingerprint density at radius 3 is 1.62 bits per heavy atom. The Kier molecular flexibility index (Phi) is 6.32. The second-order valence-electron chi connectivity index (χ2n) is 17.8. The molecule has 10 aromatic carbocycles. The van der Waals surface area contributed by atoms with Gasteiger partial charge in [0.2, 0.25) is 13.4 Å². The fourth-order valence-corrected chi connectivity index (χ4v) is 12.5. The van der Waals surface area contributed by atoms with Crippen molar-refractivity contribution in [3.05, 3.63) is 199 Å². The monoisotopic (exact) mass is 757 g/mol. The van der Waals surface area contributed by atoms with E-state index in [1.807, 2.05) is 0 Å². The minimum atomic E-state index is -0.235. The van der Waals surface area contributed by atoms with Gasteiger partial charge in [-0.2, -0.15) is 0 Å². The molecule has 0 atom stereocenters. The lowest BCUT2D eigenvalue weighted by Gasteiger charge is -2.37. The molecule has 0 unspecified atom stereocenters. The number of fused-ring (bicyclic) bond motifs is 8. The predicted octanol–water partition coefficient (Wildman–Crippen LogP) is 9.83. The molecule has 60 heavy (non-hydrogen) atoms. The van der Waals surface area contributed by atoms with Crippen molar-refractivity contribution in [2.24, 2.45) is 0 Å². The molecule has 0 bridgehead atoms. The van der Waals surface area contributed by atoms with Crippen molar-refractivity contribution in [2.45, 2.75) is 19.3 Å². The van der Waals surface area contributed by atoms with Crippen LogP contribution in [0.1, 0.15) is 25.0 Å². The number of hydrogen-bond acceptors (Lipinski definition) is 0. The Labute approximate surface area is 350 Å². The first-order chi connectivity index (χ1) is 29.6. The van der Waals surface area contributed by atoms with E-state index in [1.54, 1.807) is 0 Å². The second-order valence-corrected chi connectivity index (χ2v) is 17.8. The first-order valence-electron chi connectivity index (χ1n) is 21.4. The summed E-state index contributed by atoms with van der Waals surface area (Å²) in [7, 11) is 0. The number of hydrogen-bond donors (Lipinski definition) is 0. The normalized spacial score (nSPS) is 14.2. The smallest absolute Gasteiger partial charge is 0.247 e. The SMILES string of the molecule is CC1(C)c2ccccc2-c2c1c1c3c4c2c2ccccc2c2ccc5c(c24)n3-c2c(cccc2B1c1ccccc1-c1ccccc1)B5c1ccccc1-c1ccccc1. The highest BCUT2D eigenvalue weighted by molar-refractivity contribution is 7.03. The van der Waals surface area contributed by atoms with E-state index >= 15 is 0 Å². The molecule has 0 fully saturated rings. The summed E-state index contributed by atoms with van der Waals surface area (Å²) in [6.45, 7) is 5.01. The fraction of sp³-hybridized carbons (Fsp3) is 0.0526. The molecule has 3 aliphatic rings. The van der Waals surface area contributed by atoms with Crippen molar-refractivity contribution < 1.29 is 0 Å². The Hall–Kier alpha value is -7.09. The number of benzene rings is 10. The molecule has 14 rings (SSSR count). The quantitative estimate of drug-likeness (QED) is 0.125. The summed E-state index contributed by atoms with van der Waals surface area (Å²) in [5.41, 5.74) is 23.0. The molecule has 0 spiro atoms. The Bertz CT molecular complexity index is 3630. The number of para-hydroxylation sites is 1. The summed E-state index contributed by atoms with van der Waals surface area (Å²) in [4.78, 5) is 0. The van der Waals surface area contributed by atoms with Gasteiger partial charge in [-0.05, 0) is 82.5 Å². The minimum Gasteiger partial charge on any atom is -0.311 e. The zero-order chi connectivity index (χ0) is 39.4. The standard InChI is InChI=1S/C57H37B2N/c1-57(2)42-27-14-11-26-41(42)49-48-39-25-10-9-24-38(39)40-32-33-47-55-50(40)51(48)56-53(52(49)57)59(44-29-16-13-23-37(44)35-20-7-4-8-21-35)46-31-17-30-45(54(46)60(55)56)58(47)43-28-15-12-22-36(43)34-18-5-3-6-19-34/h3-33H,1-2H3. The van der Waals surface area contributed by atoms with Crippen LogP contribution < -0.4 is 32.8 Å². The van der Waals surface area contributed by atoms with E-state index in [0.29, 0.717) is 0 Å². The molecule has 0 saturated carbocycles. The van der Waals surface area contributed by atoms with Gasteiger partial charge in [0.1, 0.15) is 0 Å². The highest BCUT2D eigenvalue weighted by atomic mass is 15.0. The van der Waals surface area contributed by atoms with Gasteiger partial charge in [-0.25, -0.2) is 0 Å².